The van der Waals surface area contributed by atoms with Crippen molar-refractivity contribution in [2.24, 2.45) is 0 Å². The van der Waals surface area contributed by atoms with Gasteiger partial charge in [0.05, 0.1) is 30.2 Å². The lowest BCUT2D eigenvalue weighted by Crippen LogP contribution is -2.36. The third-order valence-corrected chi connectivity index (χ3v) is 8.55. The van der Waals surface area contributed by atoms with Gasteiger partial charge in [-0.25, -0.2) is 18.0 Å². The topological polar surface area (TPSA) is 131 Å². The molecule has 12 heteroatoms. The number of amides is 2. The van der Waals surface area contributed by atoms with Crippen molar-refractivity contribution in [3.05, 3.63) is 75.7 Å². The average Bonchev–Trinajstić information content (AvgIpc) is 3.26. The molecule has 0 atom stereocenters. The monoisotopic (exact) mass is 571 g/mol. The van der Waals surface area contributed by atoms with Crippen molar-refractivity contribution in [2.75, 3.05) is 29.8 Å². The number of carbonyl (C=O) groups is 3. The highest BCUT2D eigenvalue weighted by Gasteiger charge is 2.31. The van der Waals surface area contributed by atoms with E-state index in [4.69, 9.17) is 9.47 Å². The number of nitrogens with zero attached hydrogens (tertiary/aromatic N) is 1. The summed E-state index contributed by atoms with van der Waals surface area (Å²) in [7, 11) is -3.79. The fourth-order valence-electron chi connectivity index (χ4n) is 4.08. The molecule has 4 rings (SSSR count). The second-order valence-corrected chi connectivity index (χ2v) is 11.5. The Labute approximate surface area is 231 Å². The highest BCUT2D eigenvalue weighted by molar-refractivity contribution is 7.92. The van der Waals surface area contributed by atoms with E-state index in [0.717, 1.165) is 16.0 Å². The Morgan fingerprint density at radius 3 is 2.28 bits per heavy atom. The molecule has 2 aromatic carbocycles. The van der Waals surface area contributed by atoms with Gasteiger partial charge in [0, 0.05) is 22.7 Å². The molecule has 0 bridgehead atoms. The zero-order valence-electron chi connectivity index (χ0n) is 21.8. The molecule has 1 aromatic heterocycles. The maximum Gasteiger partial charge on any atom is 0.410 e. The molecule has 39 heavy (non-hydrogen) atoms. The van der Waals surface area contributed by atoms with E-state index in [0.29, 0.717) is 23.7 Å². The lowest BCUT2D eigenvalue weighted by Gasteiger charge is -2.26. The van der Waals surface area contributed by atoms with Crippen LogP contribution in [0.1, 0.15) is 50.6 Å². The van der Waals surface area contributed by atoms with Crippen LogP contribution < -0.4 is 10.0 Å². The highest BCUT2D eigenvalue weighted by atomic mass is 32.2. The number of aryl methyl sites for hydroxylation is 1. The number of fused-ring (bicyclic) bond motifs is 1. The molecule has 0 radical (unpaired) electrons. The zero-order chi connectivity index (χ0) is 28.2. The first kappa shape index (κ1) is 28.1. The summed E-state index contributed by atoms with van der Waals surface area (Å²) in [5, 5.41) is 3.13. The smallest absolute Gasteiger partial charge is 0.410 e. The molecular formula is C27H29N3O7S2. The van der Waals surface area contributed by atoms with Gasteiger partial charge in [0.1, 0.15) is 5.00 Å². The number of anilines is 2. The van der Waals surface area contributed by atoms with Gasteiger partial charge in [0.25, 0.3) is 15.9 Å². The van der Waals surface area contributed by atoms with Crippen LogP contribution in [0.3, 0.4) is 0 Å². The molecule has 0 fully saturated rings. The Balaban J connectivity index is 1.52. The van der Waals surface area contributed by atoms with Crippen LogP contribution in [0, 0.1) is 6.92 Å². The Morgan fingerprint density at radius 2 is 1.64 bits per heavy atom. The van der Waals surface area contributed by atoms with Crippen molar-refractivity contribution >= 4 is 50.0 Å². The second kappa shape index (κ2) is 11.9. The van der Waals surface area contributed by atoms with E-state index >= 15 is 0 Å². The van der Waals surface area contributed by atoms with E-state index in [-0.39, 0.29) is 35.8 Å². The van der Waals surface area contributed by atoms with Gasteiger partial charge in [-0.05, 0) is 69.2 Å². The van der Waals surface area contributed by atoms with Crippen molar-refractivity contribution in [3.8, 4) is 0 Å². The molecule has 206 valence electrons. The number of thiophene rings is 1. The Kier molecular flexibility index (Phi) is 8.56. The number of rotatable bonds is 8. The van der Waals surface area contributed by atoms with Gasteiger partial charge in [-0.3, -0.25) is 9.52 Å². The Bertz CT molecular complexity index is 1480. The summed E-state index contributed by atoms with van der Waals surface area (Å²) in [6.07, 6.45) is -0.0114. The first-order valence-corrected chi connectivity index (χ1v) is 14.7. The number of hydrogen-bond acceptors (Lipinski definition) is 8. The quantitative estimate of drug-likeness (QED) is 0.371. The maximum atomic E-state index is 13.1. The summed E-state index contributed by atoms with van der Waals surface area (Å²) < 4.78 is 38.2. The van der Waals surface area contributed by atoms with Gasteiger partial charge < -0.3 is 19.7 Å². The lowest BCUT2D eigenvalue weighted by atomic mass is 10.0. The van der Waals surface area contributed by atoms with Gasteiger partial charge in [0.2, 0.25) is 0 Å². The molecule has 1 aliphatic heterocycles. The van der Waals surface area contributed by atoms with Crippen LogP contribution in [0.15, 0.2) is 53.4 Å². The standard InChI is InChI=1S/C27H29N3O7S2/c1-4-36-26(32)23-21-14-15-30(27(33)37-5-2)16-22(21)38-25(23)28-24(31)18-8-10-19(11-9-18)29-39(34,35)20-12-6-17(3)7-13-20/h6-13,29H,4-5,14-16H2,1-3H3,(H,28,31). The van der Waals surface area contributed by atoms with Crippen LogP contribution in [-0.4, -0.2) is 51.0 Å². The van der Waals surface area contributed by atoms with Crippen molar-refractivity contribution in [3.63, 3.8) is 0 Å². The SMILES string of the molecule is CCOC(=O)c1c(NC(=O)c2ccc(NS(=O)(=O)c3ccc(C)cc3)cc2)sc2c1CCN(C(=O)OCC)C2. The minimum atomic E-state index is -3.79. The number of benzene rings is 2. The van der Waals surface area contributed by atoms with Gasteiger partial charge >= 0.3 is 12.1 Å². The second-order valence-electron chi connectivity index (χ2n) is 8.75. The van der Waals surface area contributed by atoms with Crippen molar-refractivity contribution in [2.45, 2.75) is 38.6 Å². The fraction of sp³-hybridized carbons (Fsp3) is 0.296. The predicted octanol–water partition coefficient (Wildman–Crippen LogP) is 4.80. The molecule has 10 nitrogen and oxygen atoms in total. The van der Waals surface area contributed by atoms with Crippen LogP contribution in [-0.2, 0) is 32.5 Å². The molecule has 0 unspecified atom stereocenters. The third-order valence-electron chi connectivity index (χ3n) is 6.02. The van der Waals surface area contributed by atoms with Gasteiger partial charge in [-0.1, -0.05) is 17.7 Å². The summed E-state index contributed by atoms with van der Waals surface area (Å²) in [5.74, 6) is -1.02. The van der Waals surface area contributed by atoms with Crippen LogP contribution in [0.25, 0.3) is 0 Å². The fourth-order valence-corrected chi connectivity index (χ4v) is 6.38. The molecule has 0 saturated heterocycles. The first-order chi connectivity index (χ1) is 18.6. The van der Waals surface area contributed by atoms with Crippen LogP contribution in [0.2, 0.25) is 0 Å². The third kappa shape index (κ3) is 6.40. The molecule has 0 saturated carbocycles. The summed E-state index contributed by atoms with van der Waals surface area (Å²) in [6, 6.07) is 12.4. The largest absolute Gasteiger partial charge is 0.462 e. The number of nitrogens with one attached hydrogen (secondary N) is 2. The van der Waals surface area contributed by atoms with Crippen molar-refractivity contribution in [1.82, 2.24) is 4.90 Å². The van der Waals surface area contributed by atoms with Gasteiger partial charge in [0.15, 0.2) is 0 Å². The van der Waals surface area contributed by atoms with Crippen molar-refractivity contribution in [1.29, 1.82) is 0 Å². The lowest BCUT2D eigenvalue weighted by molar-refractivity contribution is 0.0526. The normalized spacial score (nSPS) is 12.8. The van der Waals surface area contributed by atoms with Crippen LogP contribution in [0.5, 0.6) is 0 Å². The minimum Gasteiger partial charge on any atom is -0.462 e. The molecule has 2 amide bonds. The Morgan fingerprint density at radius 1 is 0.974 bits per heavy atom. The molecule has 0 spiro atoms. The summed E-state index contributed by atoms with van der Waals surface area (Å²) in [4.78, 5) is 40.6. The van der Waals surface area contributed by atoms with E-state index < -0.39 is 28.0 Å². The molecular weight excluding hydrogens is 542 g/mol. The number of sulfonamides is 1. The van der Waals surface area contributed by atoms with Gasteiger partial charge in [-0.15, -0.1) is 11.3 Å². The first-order valence-electron chi connectivity index (χ1n) is 12.4. The van der Waals surface area contributed by atoms with Crippen LogP contribution in [0.4, 0.5) is 15.5 Å². The zero-order valence-corrected chi connectivity index (χ0v) is 23.4. The number of carbonyl (C=O) groups excluding carboxylic acids is 3. The van der Waals surface area contributed by atoms with Crippen molar-refractivity contribution < 1.29 is 32.3 Å². The van der Waals surface area contributed by atoms with E-state index in [9.17, 15) is 22.8 Å². The van der Waals surface area contributed by atoms with E-state index in [1.807, 2.05) is 6.92 Å². The number of ether oxygens (including phenoxy) is 2. The Hall–Kier alpha value is -3.90. The van der Waals surface area contributed by atoms with Gasteiger partial charge in [-0.2, -0.15) is 0 Å². The van der Waals surface area contributed by atoms with Crippen LogP contribution >= 0.6 is 11.3 Å². The number of esters is 1. The van der Waals surface area contributed by atoms with E-state index in [1.165, 1.54) is 47.7 Å². The number of hydrogen-bond donors (Lipinski definition) is 2. The maximum absolute atomic E-state index is 13.1. The summed E-state index contributed by atoms with van der Waals surface area (Å²) in [6.45, 7) is 6.37. The highest BCUT2D eigenvalue weighted by Crippen LogP contribution is 2.38. The molecule has 0 aliphatic carbocycles. The molecule has 2 heterocycles. The minimum absolute atomic E-state index is 0.129. The van der Waals surface area contributed by atoms with E-state index in [2.05, 4.69) is 10.0 Å². The average molecular weight is 572 g/mol. The predicted molar refractivity (Wildman–Crippen MR) is 148 cm³/mol. The summed E-state index contributed by atoms with van der Waals surface area (Å²) in [5.41, 5.74) is 2.54. The molecule has 1 aliphatic rings. The van der Waals surface area contributed by atoms with E-state index in [1.54, 1.807) is 30.9 Å². The summed E-state index contributed by atoms with van der Waals surface area (Å²) >= 11 is 1.21. The molecule has 2 N–H and O–H groups in total. The molecule has 3 aromatic rings.